The van der Waals surface area contributed by atoms with Crippen LogP contribution in [0, 0.1) is 23.7 Å². The van der Waals surface area contributed by atoms with Gasteiger partial charge in [0.15, 0.2) is 0 Å². The van der Waals surface area contributed by atoms with E-state index in [0.29, 0.717) is 42.6 Å². The molecule has 26 nitrogen and oxygen atoms in total. The third-order valence-corrected chi connectivity index (χ3v) is 17.6. The molecule has 6 N–H and O–H groups in total. The average Bonchev–Trinajstić information content (AvgIpc) is 1.76. The van der Waals surface area contributed by atoms with Gasteiger partial charge in [0.1, 0.15) is 18.7 Å². The van der Waals surface area contributed by atoms with E-state index in [1.165, 1.54) is 40.9 Å². The lowest BCUT2D eigenvalue weighted by Crippen LogP contribution is -2.59. The number of amides is 11. The fraction of sp³-hybridized carbons (Fsp3) is 0.585. The molecule has 0 saturated carbocycles. The molecule has 27 heteroatoms. The lowest BCUT2D eigenvalue weighted by atomic mass is 9.90. The van der Waals surface area contributed by atoms with Gasteiger partial charge >= 0.3 is 6.09 Å². The molecular weight excluding hydrogens is 1210 g/mol. The Labute approximate surface area is 545 Å². The molecule has 0 bridgehead atoms. The second-order valence-corrected chi connectivity index (χ2v) is 25.1. The molecule has 2 heterocycles. The van der Waals surface area contributed by atoms with E-state index >= 15 is 0 Å². The first kappa shape index (κ1) is 76.6. The SMILES string of the molecule is C=CC(=O)N1CN(C(=O)C=C)CN(C(=O)CCSCC(=O)NC(C(=O)NCC(=O)Nc2ccc(COC(=O)N(C)C(C(=O)NCC(=O)N(C)[C@@H]([C@H](C)CC)[C@@H](CC(=O)N3CCC[C@H]3[C@H](OC)[C@@H](C)C(=O)N[C@H](C)[C@@H](O)c3ccccc3)OC)C(C)C)cc2)C(C)C)C1. The van der Waals surface area contributed by atoms with Gasteiger partial charge in [-0.1, -0.05) is 111 Å². The molecule has 10 atom stereocenters. The van der Waals surface area contributed by atoms with Crippen LogP contribution < -0.4 is 26.6 Å². The Morgan fingerprint density at radius 1 is 0.728 bits per heavy atom. The fourth-order valence-electron chi connectivity index (χ4n) is 11.2. The molecule has 2 saturated heterocycles. The first-order chi connectivity index (χ1) is 43.6. The number of likely N-dealkylation sites (N-methyl/N-ethyl adjacent to an activating group) is 2. The second kappa shape index (κ2) is 37.6. The lowest BCUT2D eigenvalue weighted by molar-refractivity contribution is -0.154. The van der Waals surface area contributed by atoms with E-state index in [-0.39, 0.29) is 80.5 Å². The van der Waals surface area contributed by atoms with Crippen molar-refractivity contribution in [3.63, 3.8) is 0 Å². The third kappa shape index (κ3) is 22.2. The maximum atomic E-state index is 14.3. The topological polar surface area (TPSA) is 315 Å². The number of hydrogen-bond donors (Lipinski definition) is 6. The summed E-state index contributed by atoms with van der Waals surface area (Å²) in [5.41, 5.74) is 1.59. The number of nitrogens with zero attached hydrogens (tertiary/aromatic N) is 6. The minimum atomic E-state index is -1.04. The van der Waals surface area contributed by atoms with Crippen molar-refractivity contribution in [3.05, 3.63) is 91.0 Å². The predicted molar refractivity (Wildman–Crippen MR) is 347 cm³/mol. The van der Waals surface area contributed by atoms with Crippen LogP contribution in [0.3, 0.4) is 0 Å². The number of nitrogens with one attached hydrogen (secondary N) is 5. The summed E-state index contributed by atoms with van der Waals surface area (Å²) in [7, 11) is 6.01. The number of rotatable bonds is 34. The van der Waals surface area contributed by atoms with Gasteiger partial charge in [0, 0.05) is 52.7 Å². The van der Waals surface area contributed by atoms with Gasteiger partial charge in [-0.15, -0.1) is 0 Å². The number of thioether (sulfide) groups is 1. The van der Waals surface area contributed by atoms with Crippen LogP contribution in [0.15, 0.2) is 79.9 Å². The first-order valence-corrected chi connectivity index (χ1v) is 32.2. The summed E-state index contributed by atoms with van der Waals surface area (Å²) in [6.45, 7) is 20.6. The van der Waals surface area contributed by atoms with E-state index in [0.717, 1.165) is 28.8 Å². The highest BCUT2D eigenvalue weighted by molar-refractivity contribution is 7.99. The minimum absolute atomic E-state index is 0.0113. The number of aliphatic hydroxyl groups excluding tert-OH is 1. The molecule has 0 aromatic heterocycles. The number of carbonyl (C=O) groups is 11. The number of hydrogen-bond acceptors (Lipinski definition) is 16. The number of carbonyl (C=O) groups excluding carboxylic acids is 11. The van der Waals surface area contributed by atoms with Gasteiger partial charge in [0.05, 0.1) is 87.6 Å². The summed E-state index contributed by atoms with van der Waals surface area (Å²) < 4.78 is 17.5. The fourth-order valence-corrected chi connectivity index (χ4v) is 12.0. The van der Waals surface area contributed by atoms with Crippen molar-refractivity contribution in [2.24, 2.45) is 23.7 Å². The van der Waals surface area contributed by atoms with Gasteiger partial charge in [0.2, 0.25) is 59.1 Å². The number of anilines is 1. The normalized spacial score (nSPS) is 16.9. The smallest absolute Gasteiger partial charge is 0.410 e. The van der Waals surface area contributed by atoms with Crippen molar-refractivity contribution in [2.45, 2.75) is 143 Å². The van der Waals surface area contributed by atoms with Gasteiger partial charge in [-0.05, 0) is 72.9 Å². The van der Waals surface area contributed by atoms with E-state index in [2.05, 4.69) is 39.7 Å². The van der Waals surface area contributed by atoms with Gasteiger partial charge in [-0.2, -0.15) is 11.8 Å². The summed E-state index contributed by atoms with van der Waals surface area (Å²) in [6.07, 6.45) is 0.882. The summed E-state index contributed by atoms with van der Waals surface area (Å²) in [5, 5.41) is 24.5. The Morgan fingerprint density at radius 3 is 1.90 bits per heavy atom. The van der Waals surface area contributed by atoms with Crippen molar-refractivity contribution < 1.29 is 72.1 Å². The molecule has 2 aromatic carbocycles. The average molecular weight is 1300 g/mol. The predicted octanol–water partition coefficient (Wildman–Crippen LogP) is 3.62. The van der Waals surface area contributed by atoms with Crippen LogP contribution in [0.25, 0.3) is 0 Å². The van der Waals surface area contributed by atoms with E-state index in [9.17, 15) is 57.8 Å². The van der Waals surface area contributed by atoms with E-state index in [4.69, 9.17) is 14.2 Å². The molecule has 2 aliphatic rings. The highest BCUT2D eigenvalue weighted by Crippen LogP contribution is 2.30. The zero-order valence-corrected chi connectivity index (χ0v) is 56.2. The van der Waals surface area contributed by atoms with Crippen LogP contribution in [-0.4, -0.2) is 222 Å². The molecule has 2 aliphatic heterocycles. The maximum Gasteiger partial charge on any atom is 0.410 e. The number of methoxy groups -OCH3 is 2. The molecule has 2 unspecified atom stereocenters. The van der Waals surface area contributed by atoms with Gasteiger partial charge in [-0.25, -0.2) is 4.79 Å². The van der Waals surface area contributed by atoms with Crippen LogP contribution in [0.4, 0.5) is 10.5 Å². The van der Waals surface area contributed by atoms with Crippen LogP contribution in [0.5, 0.6) is 0 Å². The maximum absolute atomic E-state index is 14.3. The molecule has 0 spiro atoms. The van der Waals surface area contributed by atoms with Crippen molar-refractivity contribution in [1.29, 1.82) is 0 Å². The molecule has 0 aliphatic carbocycles. The monoisotopic (exact) mass is 1300 g/mol. The number of benzene rings is 2. The summed E-state index contributed by atoms with van der Waals surface area (Å²) in [6, 6.07) is 11.8. The summed E-state index contributed by atoms with van der Waals surface area (Å²) in [5.74, 6) is -5.88. The Bertz CT molecular complexity index is 2840. The van der Waals surface area contributed by atoms with Crippen molar-refractivity contribution in [3.8, 4) is 0 Å². The number of likely N-dealkylation sites (tertiary alicyclic amines) is 1. The molecule has 2 aromatic rings. The molecule has 4 rings (SSSR count). The summed E-state index contributed by atoms with van der Waals surface area (Å²) in [4.78, 5) is 154. The highest BCUT2D eigenvalue weighted by atomic mass is 32.2. The van der Waals surface area contributed by atoms with Gasteiger partial charge < -0.3 is 70.4 Å². The summed E-state index contributed by atoms with van der Waals surface area (Å²) >= 11 is 1.16. The minimum Gasteiger partial charge on any atom is -0.445 e. The Morgan fingerprint density at radius 2 is 1.34 bits per heavy atom. The van der Waals surface area contributed by atoms with E-state index in [1.54, 1.807) is 89.9 Å². The van der Waals surface area contributed by atoms with Crippen molar-refractivity contribution in [2.75, 3.05) is 84.8 Å². The zero-order chi connectivity index (χ0) is 68.5. The lowest BCUT2D eigenvalue weighted by Gasteiger charge is -2.41. The molecule has 508 valence electrons. The molecule has 2 fully saturated rings. The van der Waals surface area contributed by atoms with Crippen LogP contribution >= 0.6 is 11.8 Å². The number of aliphatic hydroxyl groups is 1. The van der Waals surface area contributed by atoms with Crippen LogP contribution in [-0.2, 0) is 68.8 Å². The van der Waals surface area contributed by atoms with Gasteiger partial charge in [0.25, 0.3) is 0 Å². The molecule has 11 amide bonds. The largest absolute Gasteiger partial charge is 0.445 e. The zero-order valence-electron chi connectivity index (χ0n) is 55.3. The molecule has 0 radical (unpaired) electrons. The second-order valence-electron chi connectivity index (χ2n) is 23.9. The Balaban J connectivity index is 1.23. The standard InChI is InChI=1S/C65H97N11O15S/c1-15-42(8)59(49(89-13)32-55(82)76-30-21-24-48(76)61(90-14)43(9)62(85)68-44(10)60(84)46-22-19-18-20-23-46)71(11)56(83)34-67-64(87)58(41(6)7)72(12)65(88)91-35-45-25-27-47(28-26-45)69-50(77)33-66-63(86)57(40(4)5)70-51(78)36-92-31-29-54(81)75-38-73(52(79)16-2)37-74(39-75)53(80)17-3/h16-20,22-23,25-28,40-44,48-49,57-61,84H,2-3,15,21,24,29-39H2,1,4-14H3,(H,66,86)(H,67,87)(H,68,85)(H,69,77)(H,70,78)/t42-,43-,44-,48+,49-,57?,58?,59+,60-,61-/m1/s1. The molecule has 92 heavy (non-hydrogen) atoms. The highest BCUT2D eigenvalue weighted by Gasteiger charge is 2.43. The first-order valence-electron chi connectivity index (χ1n) is 31.1. The third-order valence-electron chi connectivity index (χ3n) is 16.6. The molecular formula is C65H97N11O15S. The quantitative estimate of drug-likeness (QED) is 0.0431. The van der Waals surface area contributed by atoms with Crippen molar-refractivity contribution >= 4 is 82.6 Å². The van der Waals surface area contributed by atoms with Crippen molar-refractivity contribution in [1.82, 2.24) is 50.7 Å². The van der Waals surface area contributed by atoms with E-state index < -0.39 is 121 Å². The Hall–Kier alpha value is -7.88. The van der Waals surface area contributed by atoms with Crippen LogP contribution in [0.1, 0.15) is 105 Å². The number of ether oxygens (including phenoxy) is 3. The van der Waals surface area contributed by atoms with Gasteiger partial charge in [-0.3, -0.25) is 52.8 Å². The van der Waals surface area contributed by atoms with Crippen LogP contribution in [0.2, 0.25) is 0 Å². The van der Waals surface area contributed by atoms with E-state index in [1.807, 2.05) is 32.0 Å². The Kier molecular flexibility index (Phi) is 31.3.